The van der Waals surface area contributed by atoms with Gasteiger partial charge in [-0.05, 0) is 56.0 Å². The standard InChI is InChI=1S/C27H30ClN3O2/c1-18-9-11-20(12-10-18)17-31-27(33)23(26(32)29-22-7-5-3-4-6-8-22)16-25(30-31)21-13-14-24(28)19(2)15-21/h9-16,22H,3-8,17H2,1-2H3,(H,29,32). The Labute approximate surface area is 199 Å². The average molecular weight is 464 g/mol. The summed E-state index contributed by atoms with van der Waals surface area (Å²) in [6.45, 7) is 4.24. The van der Waals surface area contributed by atoms with Crippen LogP contribution in [0.4, 0.5) is 0 Å². The van der Waals surface area contributed by atoms with Gasteiger partial charge >= 0.3 is 0 Å². The third-order valence-electron chi connectivity index (χ3n) is 6.32. The number of benzene rings is 2. The average Bonchev–Trinajstić information content (AvgIpc) is 3.07. The van der Waals surface area contributed by atoms with Crippen LogP contribution in [0.25, 0.3) is 11.3 Å². The fourth-order valence-corrected chi connectivity index (χ4v) is 4.43. The Kier molecular flexibility index (Phi) is 7.29. The first-order valence-electron chi connectivity index (χ1n) is 11.7. The molecule has 33 heavy (non-hydrogen) atoms. The highest BCUT2D eigenvalue weighted by Crippen LogP contribution is 2.24. The minimum absolute atomic E-state index is 0.111. The van der Waals surface area contributed by atoms with Crippen molar-refractivity contribution in [3.05, 3.63) is 86.2 Å². The summed E-state index contributed by atoms with van der Waals surface area (Å²) in [5, 5.41) is 8.39. The van der Waals surface area contributed by atoms with Crippen molar-refractivity contribution in [1.29, 1.82) is 0 Å². The smallest absolute Gasteiger partial charge is 0.279 e. The Balaban J connectivity index is 1.73. The zero-order valence-corrected chi connectivity index (χ0v) is 20.0. The van der Waals surface area contributed by atoms with E-state index in [1.54, 1.807) is 6.07 Å². The van der Waals surface area contributed by atoms with Crippen LogP contribution < -0.4 is 10.9 Å². The van der Waals surface area contributed by atoms with Crippen LogP contribution in [0.1, 0.15) is 65.6 Å². The number of carbonyl (C=O) groups is 1. The van der Waals surface area contributed by atoms with Crippen molar-refractivity contribution in [2.24, 2.45) is 0 Å². The van der Waals surface area contributed by atoms with Crippen molar-refractivity contribution in [3.63, 3.8) is 0 Å². The molecule has 0 bridgehead atoms. The molecule has 1 aliphatic carbocycles. The molecule has 1 aromatic heterocycles. The summed E-state index contributed by atoms with van der Waals surface area (Å²) in [4.78, 5) is 26.5. The lowest BCUT2D eigenvalue weighted by Gasteiger charge is -2.17. The van der Waals surface area contributed by atoms with Crippen molar-refractivity contribution in [2.75, 3.05) is 0 Å². The van der Waals surface area contributed by atoms with Crippen LogP contribution in [0.2, 0.25) is 5.02 Å². The summed E-state index contributed by atoms with van der Waals surface area (Å²) in [5.74, 6) is -0.320. The molecule has 0 atom stereocenters. The Bertz CT molecular complexity index is 1190. The summed E-state index contributed by atoms with van der Waals surface area (Å²) in [7, 11) is 0. The first-order chi connectivity index (χ1) is 15.9. The van der Waals surface area contributed by atoms with Gasteiger partial charge in [-0.15, -0.1) is 0 Å². The number of aryl methyl sites for hydroxylation is 2. The van der Waals surface area contributed by atoms with E-state index in [1.165, 1.54) is 17.5 Å². The molecule has 1 N–H and O–H groups in total. The van der Waals surface area contributed by atoms with Gasteiger partial charge in [0, 0.05) is 16.6 Å². The molecule has 0 spiro atoms. The number of aromatic nitrogens is 2. The molecule has 5 nitrogen and oxygen atoms in total. The number of rotatable bonds is 5. The van der Waals surface area contributed by atoms with E-state index in [9.17, 15) is 9.59 Å². The molecule has 0 saturated heterocycles. The Morgan fingerprint density at radius 2 is 1.73 bits per heavy atom. The molecule has 2 aromatic carbocycles. The van der Waals surface area contributed by atoms with E-state index < -0.39 is 0 Å². The quantitative estimate of drug-likeness (QED) is 0.495. The van der Waals surface area contributed by atoms with Gasteiger partial charge in [0.2, 0.25) is 0 Å². The fraction of sp³-hybridized carbons (Fsp3) is 0.370. The second-order valence-electron chi connectivity index (χ2n) is 9.02. The minimum atomic E-state index is -0.379. The lowest BCUT2D eigenvalue weighted by molar-refractivity contribution is 0.0931. The van der Waals surface area contributed by atoms with Crippen molar-refractivity contribution in [2.45, 2.75) is 65.0 Å². The SMILES string of the molecule is Cc1ccc(Cn2nc(-c3ccc(Cl)c(C)c3)cc(C(=O)NC3CCCCCC3)c2=O)cc1. The predicted octanol–water partition coefficient (Wildman–Crippen LogP) is 5.68. The van der Waals surface area contributed by atoms with E-state index in [1.807, 2.05) is 56.3 Å². The predicted molar refractivity (Wildman–Crippen MR) is 133 cm³/mol. The first-order valence-corrected chi connectivity index (χ1v) is 12.0. The molecule has 0 unspecified atom stereocenters. The van der Waals surface area contributed by atoms with Gasteiger partial charge in [0.25, 0.3) is 11.5 Å². The molecule has 0 radical (unpaired) electrons. The molecule has 1 aliphatic rings. The molecule has 1 saturated carbocycles. The molecule has 4 rings (SSSR count). The second-order valence-corrected chi connectivity index (χ2v) is 9.42. The van der Waals surface area contributed by atoms with Crippen LogP contribution >= 0.6 is 11.6 Å². The molecular weight excluding hydrogens is 434 g/mol. The van der Waals surface area contributed by atoms with Gasteiger partial charge < -0.3 is 5.32 Å². The van der Waals surface area contributed by atoms with E-state index in [0.29, 0.717) is 17.3 Å². The Morgan fingerprint density at radius 3 is 2.39 bits per heavy atom. The number of carbonyl (C=O) groups excluding carboxylic acids is 1. The summed E-state index contributed by atoms with van der Waals surface area (Å²) in [5.41, 5.74) is 4.16. The maximum absolute atomic E-state index is 13.3. The summed E-state index contributed by atoms with van der Waals surface area (Å²) >= 11 is 6.21. The summed E-state index contributed by atoms with van der Waals surface area (Å²) in [6, 6.07) is 15.3. The molecule has 6 heteroatoms. The molecule has 172 valence electrons. The molecule has 1 fully saturated rings. The maximum Gasteiger partial charge on any atom is 0.279 e. The number of halogens is 1. The summed E-state index contributed by atoms with van der Waals surface area (Å²) in [6.07, 6.45) is 6.52. The van der Waals surface area contributed by atoms with E-state index >= 15 is 0 Å². The van der Waals surface area contributed by atoms with Gasteiger partial charge in [-0.2, -0.15) is 5.10 Å². The van der Waals surface area contributed by atoms with Gasteiger partial charge in [-0.3, -0.25) is 9.59 Å². The lowest BCUT2D eigenvalue weighted by atomic mass is 10.1. The second kappa shape index (κ2) is 10.3. The van der Waals surface area contributed by atoms with Crippen molar-refractivity contribution in [1.82, 2.24) is 15.1 Å². The molecule has 1 amide bonds. The Morgan fingerprint density at radius 1 is 1.03 bits per heavy atom. The van der Waals surface area contributed by atoms with E-state index in [4.69, 9.17) is 11.6 Å². The number of nitrogens with zero attached hydrogens (tertiary/aromatic N) is 2. The maximum atomic E-state index is 13.3. The van der Waals surface area contributed by atoms with Gasteiger partial charge in [-0.1, -0.05) is 73.2 Å². The molecule has 3 aromatic rings. The van der Waals surface area contributed by atoms with Gasteiger partial charge in [-0.25, -0.2) is 4.68 Å². The van der Waals surface area contributed by atoms with Crippen LogP contribution in [0.5, 0.6) is 0 Å². The van der Waals surface area contributed by atoms with Crippen LogP contribution in [0.3, 0.4) is 0 Å². The third-order valence-corrected chi connectivity index (χ3v) is 6.74. The highest BCUT2D eigenvalue weighted by atomic mass is 35.5. The number of hydrogen-bond donors (Lipinski definition) is 1. The molecule has 1 heterocycles. The van der Waals surface area contributed by atoms with Crippen molar-refractivity contribution in [3.8, 4) is 11.3 Å². The number of hydrogen-bond acceptors (Lipinski definition) is 3. The Hall–Kier alpha value is -2.92. The normalized spacial score (nSPS) is 14.6. The highest BCUT2D eigenvalue weighted by Gasteiger charge is 2.21. The van der Waals surface area contributed by atoms with Gasteiger partial charge in [0.15, 0.2) is 0 Å². The zero-order valence-electron chi connectivity index (χ0n) is 19.2. The van der Waals surface area contributed by atoms with Crippen LogP contribution in [-0.4, -0.2) is 21.7 Å². The van der Waals surface area contributed by atoms with E-state index in [-0.39, 0.29) is 23.1 Å². The van der Waals surface area contributed by atoms with Crippen molar-refractivity contribution >= 4 is 17.5 Å². The van der Waals surface area contributed by atoms with E-state index in [2.05, 4.69) is 10.4 Å². The molecule has 0 aliphatic heterocycles. The largest absolute Gasteiger partial charge is 0.349 e. The number of amides is 1. The minimum Gasteiger partial charge on any atom is -0.349 e. The van der Waals surface area contributed by atoms with Crippen LogP contribution in [-0.2, 0) is 6.54 Å². The first kappa shape index (κ1) is 23.2. The topological polar surface area (TPSA) is 64.0 Å². The van der Waals surface area contributed by atoms with Crippen LogP contribution in [0.15, 0.2) is 53.3 Å². The lowest BCUT2D eigenvalue weighted by Crippen LogP contribution is -2.39. The monoisotopic (exact) mass is 463 g/mol. The number of nitrogens with one attached hydrogen (secondary N) is 1. The van der Waals surface area contributed by atoms with E-state index in [0.717, 1.165) is 47.9 Å². The molecular formula is C27H30ClN3O2. The van der Waals surface area contributed by atoms with Gasteiger partial charge in [0.05, 0.1) is 12.2 Å². The highest BCUT2D eigenvalue weighted by molar-refractivity contribution is 6.31. The van der Waals surface area contributed by atoms with Gasteiger partial charge in [0.1, 0.15) is 5.56 Å². The zero-order chi connectivity index (χ0) is 23.4. The van der Waals surface area contributed by atoms with Crippen LogP contribution in [0, 0.1) is 13.8 Å². The summed E-state index contributed by atoms with van der Waals surface area (Å²) < 4.78 is 1.39. The fourth-order valence-electron chi connectivity index (χ4n) is 4.31. The van der Waals surface area contributed by atoms with Crippen molar-refractivity contribution < 1.29 is 4.79 Å². The third kappa shape index (κ3) is 5.72.